The Balaban J connectivity index is 1.26. The van der Waals surface area contributed by atoms with E-state index in [9.17, 15) is 14.4 Å². The van der Waals surface area contributed by atoms with Gasteiger partial charge in [-0.05, 0) is 48.5 Å². The number of nitrogens with one attached hydrogen (secondary N) is 2. The van der Waals surface area contributed by atoms with E-state index in [2.05, 4.69) is 25.6 Å². The molecule has 0 aliphatic carbocycles. The maximum Gasteiger partial charge on any atom is 0.328 e. The average molecular weight is 515 g/mol. The van der Waals surface area contributed by atoms with Gasteiger partial charge in [0.1, 0.15) is 23.6 Å². The second kappa shape index (κ2) is 10.5. The Bertz CT molecular complexity index is 1430. The third kappa shape index (κ3) is 5.06. The van der Waals surface area contributed by atoms with Crippen LogP contribution in [0, 0.1) is 0 Å². The number of carbonyl (C=O) groups excluding carboxylic acids is 3. The number of imide groups is 2. The van der Waals surface area contributed by atoms with Gasteiger partial charge in [-0.25, -0.2) is 19.7 Å². The number of aromatic nitrogens is 3. The molecule has 2 aromatic carbocycles. The highest BCUT2D eigenvalue weighted by molar-refractivity contribution is 6.21. The van der Waals surface area contributed by atoms with Crippen LogP contribution in [0.2, 0.25) is 0 Å². The van der Waals surface area contributed by atoms with Crippen LogP contribution in [0.5, 0.6) is 17.2 Å². The lowest BCUT2D eigenvalue weighted by atomic mass is 9.95. The van der Waals surface area contributed by atoms with Crippen LogP contribution in [-0.2, 0) is 14.3 Å². The number of barbiturate groups is 1. The summed E-state index contributed by atoms with van der Waals surface area (Å²) in [5.41, 5.74) is -0.467. The van der Waals surface area contributed by atoms with Crippen LogP contribution >= 0.6 is 0 Å². The van der Waals surface area contributed by atoms with Crippen LogP contribution in [0.1, 0.15) is 6.42 Å². The Hall–Kier alpha value is -5.10. The molecule has 5 rings (SSSR count). The number of nitrogens with zero attached hydrogens (tertiary/aromatic N) is 3. The number of amides is 4. The quantitative estimate of drug-likeness (QED) is 0.318. The lowest BCUT2D eigenvalue weighted by Crippen LogP contribution is -2.69. The molecule has 12 heteroatoms. The first-order valence-electron chi connectivity index (χ1n) is 11.4. The summed E-state index contributed by atoms with van der Waals surface area (Å²) < 4.78 is 22.5. The summed E-state index contributed by atoms with van der Waals surface area (Å²) in [6.45, 7) is 0.0578. The monoisotopic (exact) mass is 515 g/mol. The maximum absolute atomic E-state index is 12.5. The van der Waals surface area contributed by atoms with Crippen molar-refractivity contribution < 1.29 is 33.0 Å². The Morgan fingerprint density at radius 3 is 2.05 bits per heavy atom. The van der Waals surface area contributed by atoms with Crippen molar-refractivity contribution in [1.29, 1.82) is 0 Å². The van der Waals surface area contributed by atoms with E-state index in [0.717, 1.165) is 5.56 Å². The van der Waals surface area contributed by atoms with Gasteiger partial charge in [-0.3, -0.25) is 20.2 Å². The van der Waals surface area contributed by atoms with E-state index < -0.39 is 23.4 Å². The molecule has 192 valence electrons. The minimum absolute atomic E-state index is 0.0578. The van der Waals surface area contributed by atoms with Gasteiger partial charge in [0.05, 0.1) is 18.4 Å². The smallest absolute Gasteiger partial charge is 0.328 e. The first-order valence-corrected chi connectivity index (χ1v) is 11.4. The fourth-order valence-corrected chi connectivity index (χ4v) is 3.71. The Morgan fingerprint density at radius 2 is 1.42 bits per heavy atom. The van der Waals surface area contributed by atoms with Crippen molar-refractivity contribution >= 4 is 17.8 Å². The zero-order chi connectivity index (χ0) is 26.5. The number of hydrogen-bond acceptors (Lipinski definition) is 10. The third-order valence-electron chi connectivity index (χ3n) is 5.65. The van der Waals surface area contributed by atoms with E-state index in [0.29, 0.717) is 28.7 Å². The van der Waals surface area contributed by atoms with Crippen LogP contribution in [0.3, 0.4) is 0 Å². The summed E-state index contributed by atoms with van der Waals surface area (Å²) in [4.78, 5) is 48.8. The minimum atomic E-state index is -1.95. The molecule has 2 N–H and O–H groups in total. The normalized spacial score (nSPS) is 14.5. The molecule has 0 bridgehead atoms. The Kier molecular flexibility index (Phi) is 6.78. The highest BCUT2D eigenvalue weighted by Gasteiger charge is 2.52. The zero-order valence-corrected chi connectivity index (χ0v) is 20.0. The minimum Gasteiger partial charge on any atom is -0.467 e. The second-order valence-corrected chi connectivity index (χ2v) is 8.16. The van der Waals surface area contributed by atoms with E-state index in [1.165, 1.54) is 13.4 Å². The molecule has 0 saturated carbocycles. The highest BCUT2D eigenvalue weighted by atomic mass is 16.5. The fraction of sp³-hybridized carbons (Fsp3) is 0.154. The largest absolute Gasteiger partial charge is 0.467 e. The summed E-state index contributed by atoms with van der Waals surface area (Å²) in [5.74, 6) is 0.570. The lowest BCUT2D eigenvalue weighted by molar-refractivity contribution is -0.153. The molecule has 3 heterocycles. The molecule has 38 heavy (non-hydrogen) atoms. The van der Waals surface area contributed by atoms with Crippen LogP contribution in [0.25, 0.3) is 22.8 Å². The van der Waals surface area contributed by atoms with Crippen LogP contribution in [0.15, 0.2) is 77.9 Å². The summed E-state index contributed by atoms with van der Waals surface area (Å²) in [6.07, 6.45) is 6.21. The summed E-state index contributed by atoms with van der Waals surface area (Å²) in [7, 11) is 1.43. The van der Waals surface area contributed by atoms with Gasteiger partial charge in [0.25, 0.3) is 17.4 Å². The zero-order valence-electron chi connectivity index (χ0n) is 20.0. The first kappa shape index (κ1) is 24.6. The predicted molar refractivity (Wildman–Crippen MR) is 131 cm³/mol. The van der Waals surface area contributed by atoms with Crippen LogP contribution < -0.4 is 20.1 Å². The second-order valence-electron chi connectivity index (χ2n) is 8.16. The Morgan fingerprint density at radius 1 is 0.816 bits per heavy atom. The number of hydrogen-bond donors (Lipinski definition) is 2. The molecule has 4 aromatic rings. The molecule has 1 aliphatic rings. The summed E-state index contributed by atoms with van der Waals surface area (Å²) in [6, 6.07) is 12.7. The van der Waals surface area contributed by atoms with Gasteiger partial charge >= 0.3 is 6.03 Å². The molecule has 1 aliphatic heterocycles. The van der Waals surface area contributed by atoms with E-state index >= 15 is 0 Å². The van der Waals surface area contributed by atoms with Gasteiger partial charge in [0.2, 0.25) is 5.89 Å². The first-order chi connectivity index (χ1) is 18.5. The van der Waals surface area contributed by atoms with Crippen molar-refractivity contribution in [3.63, 3.8) is 0 Å². The molecular formula is C26H21N5O7. The van der Waals surface area contributed by atoms with Crippen molar-refractivity contribution in [1.82, 2.24) is 25.6 Å². The third-order valence-corrected chi connectivity index (χ3v) is 5.65. The number of urea groups is 1. The van der Waals surface area contributed by atoms with E-state index in [1.54, 1.807) is 55.0 Å². The van der Waals surface area contributed by atoms with Crippen LogP contribution in [-0.4, -0.2) is 52.1 Å². The number of ether oxygens (including phenoxy) is 3. The molecule has 4 amide bonds. The molecule has 0 radical (unpaired) electrons. The average Bonchev–Trinajstić information content (AvgIpc) is 3.42. The van der Waals surface area contributed by atoms with Gasteiger partial charge in [-0.2, -0.15) is 0 Å². The lowest BCUT2D eigenvalue weighted by Gasteiger charge is -2.34. The van der Waals surface area contributed by atoms with Crippen molar-refractivity contribution in [2.75, 3.05) is 13.7 Å². The number of benzene rings is 2. The van der Waals surface area contributed by atoms with Crippen molar-refractivity contribution in [2.24, 2.45) is 0 Å². The number of oxazole rings is 1. The molecule has 1 saturated heterocycles. The fourth-order valence-electron chi connectivity index (χ4n) is 3.71. The molecular weight excluding hydrogens is 494 g/mol. The van der Waals surface area contributed by atoms with Gasteiger partial charge < -0.3 is 18.6 Å². The number of methoxy groups -OCH3 is 1. The van der Waals surface area contributed by atoms with Gasteiger partial charge in [-0.1, -0.05) is 0 Å². The summed E-state index contributed by atoms with van der Waals surface area (Å²) in [5, 5.41) is 4.14. The van der Waals surface area contributed by atoms with E-state index in [1.807, 2.05) is 12.1 Å². The van der Waals surface area contributed by atoms with E-state index in [-0.39, 0.29) is 18.8 Å². The van der Waals surface area contributed by atoms with Crippen molar-refractivity contribution in [2.45, 2.75) is 12.0 Å². The van der Waals surface area contributed by atoms with E-state index in [4.69, 9.17) is 18.6 Å². The number of carbonyl (C=O) groups is 3. The number of rotatable bonds is 9. The predicted octanol–water partition coefficient (Wildman–Crippen LogP) is 3.11. The molecule has 1 fully saturated rings. The molecule has 2 aromatic heterocycles. The topological polar surface area (TPSA) is 155 Å². The molecule has 0 unspecified atom stereocenters. The van der Waals surface area contributed by atoms with Gasteiger partial charge in [0, 0.05) is 31.5 Å². The SMILES string of the molecule is COCCC1(Oc2ccc(Oc3ccc(-c4cnc(-c5cncnc5)o4)cc3)cc2)C(=O)NC(=O)NC1=O. The highest BCUT2D eigenvalue weighted by Crippen LogP contribution is 2.30. The standard InChI is InChI=1S/C26H21N5O7/c1-35-11-10-26(23(32)30-25(34)31-24(26)33)38-20-8-6-19(7-9-20)36-18-4-2-16(3-5-18)21-14-29-22(37-21)17-12-27-15-28-13-17/h2-9,12-15H,10-11H2,1H3,(H2,30,31,32,33,34). The van der Waals surface area contributed by atoms with Crippen molar-refractivity contribution in [3.8, 4) is 40.0 Å². The van der Waals surface area contributed by atoms with Crippen molar-refractivity contribution in [3.05, 3.63) is 73.4 Å². The van der Waals surface area contributed by atoms with Gasteiger partial charge in [-0.15, -0.1) is 0 Å². The summed E-state index contributed by atoms with van der Waals surface area (Å²) >= 11 is 0. The molecule has 0 spiro atoms. The Labute approximate surface area is 216 Å². The van der Waals surface area contributed by atoms with Gasteiger partial charge in [0.15, 0.2) is 5.76 Å². The van der Waals surface area contributed by atoms with Crippen LogP contribution in [0.4, 0.5) is 4.79 Å². The molecule has 0 atom stereocenters. The molecule has 12 nitrogen and oxygen atoms in total. The maximum atomic E-state index is 12.5.